The molecule has 0 atom stereocenters. The highest BCUT2D eigenvalue weighted by atomic mass is 19.4. The van der Waals surface area contributed by atoms with Crippen LogP contribution in [0.5, 0.6) is 11.5 Å². The standard InChI is InChI=1S/C9H8F3O2/c1-13-6-3-4-8(14-2)7(5-6)9(10,11)12/h4-5H,1-2H3. The second-order valence-electron chi connectivity index (χ2n) is 2.48. The van der Waals surface area contributed by atoms with Gasteiger partial charge in [-0.15, -0.1) is 0 Å². The predicted octanol–water partition coefficient (Wildman–Crippen LogP) is 2.52. The van der Waals surface area contributed by atoms with Gasteiger partial charge in [-0.1, -0.05) is 0 Å². The molecule has 0 fully saturated rings. The molecule has 5 heteroatoms. The van der Waals surface area contributed by atoms with Gasteiger partial charge in [0.1, 0.15) is 17.1 Å². The highest BCUT2D eigenvalue weighted by Gasteiger charge is 2.34. The Morgan fingerprint density at radius 1 is 1.21 bits per heavy atom. The van der Waals surface area contributed by atoms with Gasteiger partial charge in [0.25, 0.3) is 0 Å². The molecule has 0 unspecified atom stereocenters. The van der Waals surface area contributed by atoms with Crippen LogP contribution >= 0.6 is 0 Å². The third kappa shape index (κ3) is 2.10. The number of hydrogen-bond donors (Lipinski definition) is 0. The number of hydrogen-bond acceptors (Lipinski definition) is 2. The highest BCUT2D eigenvalue weighted by molar-refractivity contribution is 5.41. The molecule has 1 rings (SSSR count). The second-order valence-corrected chi connectivity index (χ2v) is 2.48. The van der Waals surface area contributed by atoms with E-state index in [0.29, 0.717) is 0 Å². The van der Waals surface area contributed by atoms with Gasteiger partial charge in [0, 0.05) is 6.07 Å². The highest BCUT2D eigenvalue weighted by Crippen LogP contribution is 2.37. The first-order valence-corrected chi connectivity index (χ1v) is 3.70. The molecule has 0 spiro atoms. The van der Waals surface area contributed by atoms with Gasteiger partial charge < -0.3 is 9.47 Å². The molecule has 2 nitrogen and oxygen atoms in total. The fraction of sp³-hybridized carbons (Fsp3) is 0.333. The number of ether oxygens (including phenoxy) is 2. The normalized spacial score (nSPS) is 11.2. The van der Waals surface area contributed by atoms with E-state index in [2.05, 4.69) is 15.5 Å². The Morgan fingerprint density at radius 2 is 1.86 bits per heavy atom. The Hall–Kier alpha value is -1.39. The number of methoxy groups -OCH3 is 2. The lowest BCUT2D eigenvalue weighted by atomic mass is 10.2. The molecular formula is C9H8F3O2. The van der Waals surface area contributed by atoms with Gasteiger partial charge in [-0.25, -0.2) is 0 Å². The van der Waals surface area contributed by atoms with Crippen LogP contribution in [0.25, 0.3) is 0 Å². The van der Waals surface area contributed by atoms with Crippen molar-refractivity contribution in [2.24, 2.45) is 0 Å². The Kier molecular flexibility index (Phi) is 2.88. The smallest absolute Gasteiger partial charge is 0.420 e. The maximum Gasteiger partial charge on any atom is 0.420 e. The number of benzene rings is 1. The van der Waals surface area contributed by atoms with Crippen molar-refractivity contribution in [3.8, 4) is 11.5 Å². The molecule has 0 bridgehead atoms. The molecule has 0 aliphatic carbocycles. The summed E-state index contributed by atoms with van der Waals surface area (Å²) in [5.41, 5.74) is -0.865. The van der Waals surface area contributed by atoms with Crippen LogP contribution in [-0.2, 0) is 6.18 Å². The lowest BCUT2D eigenvalue weighted by Crippen LogP contribution is -2.07. The minimum Gasteiger partial charge on any atom is -0.496 e. The quantitative estimate of drug-likeness (QED) is 0.738. The number of halogens is 3. The molecule has 1 radical (unpaired) electrons. The third-order valence-electron chi connectivity index (χ3n) is 1.63. The van der Waals surface area contributed by atoms with Crippen LogP contribution in [0, 0.1) is 6.07 Å². The van der Waals surface area contributed by atoms with E-state index >= 15 is 0 Å². The van der Waals surface area contributed by atoms with Crippen LogP contribution in [-0.4, -0.2) is 14.2 Å². The van der Waals surface area contributed by atoms with E-state index in [1.54, 1.807) is 0 Å². The Labute approximate surface area is 79.2 Å². The molecule has 1 aromatic rings. The molecule has 0 saturated heterocycles. The van der Waals surface area contributed by atoms with Crippen molar-refractivity contribution in [2.45, 2.75) is 6.18 Å². The summed E-state index contributed by atoms with van der Waals surface area (Å²) in [6.45, 7) is 0. The summed E-state index contributed by atoms with van der Waals surface area (Å²) in [6.07, 6.45) is -4.45. The Bertz CT molecular complexity index is 320. The van der Waals surface area contributed by atoms with Crippen molar-refractivity contribution in [3.05, 3.63) is 23.8 Å². The van der Waals surface area contributed by atoms with Gasteiger partial charge in [0.2, 0.25) is 0 Å². The lowest BCUT2D eigenvalue weighted by Gasteiger charge is -2.12. The van der Waals surface area contributed by atoms with Gasteiger partial charge in [0.15, 0.2) is 0 Å². The number of rotatable bonds is 2. The van der Waals surface area contributed by atoms with Crippen molar-refractivity contribution in [3.63, 3.8) is 0 Å². The van der Waals surface area contributed by atoms with E-state index < -0.39 is 11.7 Å². The van der Waals surface area contributed by atoms with Gasteiger partial charge in [-0.05, 0) is 12.1 Å². The van der Waals surface area contributed by atoms with Gasteiger partial charge in [0.05, 0.1) is 14.2 Å². The molecular weight excluding hydrogens is 197 g/mol. The lowest BCUT2D eigenvalue weighted by molar-refractivity contribution is -0.138. The predicted molar refractivity (Wildman–Crippen MR) is 43.4 cm³/mol. The first-order chi connectivity index (χ1) is 6.49. The molecule has 1 aromatic carbocycles. The summed E-state index contributed by atoms with van der Waals surface area (Å²) in [6, 6.07) is 4.45. The zero-order valence-electron chi connectivity index (χ0n) is 7.61. The van der Waals surface area contributed by atoms with E-state index in [1.807, 2.05) is 0 Å². The summed E-state index contributed by atoms with van der Waals surface area (Å²) in [5.74, 6) is -0.239. The largest absolute Gasteiger partial charge is 0.496 e. The molecule has 0 saturated carbocycles. The monoisotopic (exact) mass is 205 g/mol. The van der Waals surface area contributed by atoms with E-state index in [9.17, 15) is 13.2 Å². The Balaban J connectivity index is 3.22. The minimum absolute atomic E-state index is 0.0260. The first-order valence-electron chi connectivity index (χ1n) is 3.70. The number of alkyl halides is 3. The molecule has 0 aliphatic rings. The van der Waals surface area contributed by atoms with Crippen molar-refractivity contribution < 1.29 is 22.6 Å². The summed E-state index contributed by atoms with van der Waals surface area (Å²) < 4.78 is 46.4. The fourth-order valence-corrected chi connectivity index (χ4v) is 0.967. The van der Waals surface area contributed by atoms with Crippen LogP contribution in [0.2, 0.25) is 0 Å². The van der Waals surface area contributed by atoms with Gasteiger partial charge in [-0.2, -0.15) is 13.2 Å². The SMILES string of the molecule is COc1[c]cc(OC)c(C(F)(F)F)c1. The van der Waals surface area contributed by atoms with E-state index in [1.165, 1.54) is 14.2 Å². The molecule has 77 valence electrons. The van der Waals surface area contributed by atoms with Crippen LogP contribution in [0.1, 0.15) is 5.56 Å². The fourth-order valence-electron chi connectivity index (χ4n) is 0.967. The average Bonchev–Trinajstić information content (AvgIpc) is 2.15. The Morgan fingerprint density at radius 3 is 2.29 bits per heavy atom. The van der Waals surface area contributed by atoms with Crippen molar-refractivity contribution in [2.75, 3.05) is 14.2 Å². The summed E-state index contributed by atoms with van der Waals surface area (Å²) in [5, 5.41) is 0. The van der Waals surface area contributed by atoms with Crippen molar-refractivity contribution >= 4 is 0 Å². The molecule has 0 heterocycles. The van der Waals surface area contributed by atoms with Gasteiger partial charge in [-0.3, -0.25) is 0 Å². The molecule has 0 aromatic heterocycles. The maximum atomic E-state index is 12.4. The maximum absolute atomic E-state index is 12.4. The van der Waals surface area contributed by atoms with Gasteiger partial charge >= 0.3 is 6.18 Å². The topological polar surface area (TPSA) is 18.5 Å². The molecule has 0 N–H and O–H groups in total. The summed E-state index contributed by atoms with van der Waals surface area (Å²) in [7, 11) is 2.45. The zero-order chi connectivity index (χ0) is 10.8. The average molecular weight is 205 g/mol. The minimum atomic E-state index is -4.45. The van der Waals surface area contributed by atoms with E-state index in [4.69, 9.17) is 0 Å². The van der Waals surface area contributed by atoms with E-state index in [-0.39, 0.29) is 11.5 Å². The zero-order valence-corrected chi connectivity index (χ0v) is 7.61. The van der Waals surface area contributed by atoms with Crippen LogP contribution in [0.4, 0.5) is 13.2 Å². The van der Waals surface area contributed by atoms with E-state index in [0.717, 1.165) is 12.1 Å². The van der Waals surface area contributed by atoms with Crippen LogP contribution in [0.15, 0.2) is 12.1 Å². The summed E-state index contributed by atoms with van der Waals surface area (Å²) >= 11 is 0. The molecule has 0 aliphatic heterocycles. The van der Waals surface area contributed by atoms with Crippen molar-refractivity contribution in [1.82, 2.24) is 0 Å². The summed E-state index contributed by atoms with van der Waals surface area (Å²) in [4.78, 5) is 0. The van der Waals surface area contributed by atoms with Crippen LogP contribution in [0.3, 0.4) is 0 Å². The van der Waals surface area contributed by atoms with Crippen molar-refractivity contribution in [1.29, 1.82) is 0 Å². The third-order valence-corrected chi connectivity index (χ3v) is 1.63. The van der Waals surface area contributed by atoms with Crippen LogP contribution < -0.4 is 9.47 Å². The first kappa shape index (κ1) is 10.7. The molecule has 0 amide bonds. The molecule has 14 heavy (non-hydrogen) atoms. The second kappa shape index (κ2) is 3.77.